The quantitative estimate of drug-likeness (QED) is 0.928. The topological polar surface area (TPSA) is 43.8 Å². The van der Waals surface area contributed by atoms with Crippen LogP contribution in [-0.2, 0) is 11.3 Å². The van der Waals surface area contributed by atoms with Crippen LogP contribution in [0.4, 0.5) is 5.69 Å². The van der Waals surface area contributed by atoms with Crippen molar-refractivity contribution in [2.45, 2.75) is 50.7 Å². The lowest BCUT2D eigenvalue weighted by molar-refractivity contribution is -0.142. The van der Waals surface area contributed by atoms with E-state index in [0.29, 0.717) is 12.0 Å². The fourth-order valence-corrected chi connectivity index (χ4v) is 4.30. The molecule has 4 heteroatoms. The van der Waals surface area contributed by atoms with Crippen molar-refractivity contribution in [2.75, 3.05) is 19.0 Å². The standard InChI is InChI=1S/C18H26N2O2/c1-19(2)15-9-5-4-8-14(15)12-20-16-10-6-3-7-13(16)11-17(20)18(21)22/h4-5,8-9,13,16-17H,3,6-7,10-12H2,1-2H3,(H,21,22). The Hall–Kier alpha value is -1.55. The summed E-state index contributed by atoms with van der Waals surface area (Å²) in [4.78, 5) is 16.1. The molecule has 0 radical (unpaired) electrons. The first-order valence-electron chi connectivity index (χ1n) is 8.31. The van der Waals surface area contributed by atoms with Gasteiger partial charge in [0.05, 0.1) is 0 Å². The van der Waals surface area contributed by atoms with Crippen molar-refractivity contribution in [1.29, 1.82) is 0 Å². The van der Waals surface area contributed by atoms with E-state index in [1.807, 2.05) is 26.2 Å². The van der Waals surface area contributed by atoms with E-state index in [1.165, 1.54) is 30.5 Å². The molecule has 1 aliphatic carbocycles. The smallest absolute Gasteiger partial charge is 0.320 e. The molecule has 120 valence electrons. The first-order valence-corrected chi connectivity index (χ1v) is 8.31. The molecule has 1 N–H and O–H groups in total. The summed E-state index contributed by atoms with van der Waals surface area (Å²) >= 11 is 0. The highest BCUT2D eigenvalue weighted by Crippen LogP contribution is 2.41. The third-order valence-corrected chi connectivity index (χ3v) is 5.33. The van der Waals surface area contributed by atoms with Crippen LogP contribution in [0.25, 0.3) is 0 Å². The Morgan fingerprint density at radius 3 is 2.73 bits per heavy atom. The molecule has 2 fully saturated rings. The minimum Gasteiger partial charge on any atom is -0.480 e. The van der Waals surface area contributed by atoms with Crippen LogP contribution in [0.3, 0.4) is 0 Å². The van der Waals surface area contributed by atoms with Crippen molar-refractivity contribution in [3.05, 3.63) is 29.8 Å². The van der Waals surface area contributed by atoms with Gasteiger partial charge in [0.1, 0.15) is 6.04 Å². The lowest BCUT2D eigenvalue weighted by Crippen LogP contribution is -2.41. The zero-order chi connectivity index (χ0) is 15.7. The van der Waals surface area contributed by atoms with Crippen LogP contribution in [0.15, 0.2) is 24.3 Å². The monoisotopic (exact) mass is 302 g/mol. The number of likely N-dealkylation sites (tertiary alicyclic amines) is 1. The van der Waals surface area contributed by atoms with Gasteiger partial charge in [-0.2, -0.15) is 0 Å². The van der Waals surface area contributed by atoms with Crippen LogP contribution in [0.2, 0.25) is 0 Å². The molecule has 0 amide bonds. The van der Waals surface area contributed by atoms with Crippen LogP contribution < -0.4 is 4.90 Å². The number of hydrogen-bond acceptors (Lipinski definition) is 3. The van der Waals surface area contributed by atoms with Gasteiger partial charge in [0.25, 0.3) is 0 Å². The maximum absolute atomic E-state index is 11.7. The summed E-state index contributed by atoms with van der Waals surface area (Å²) < 4.78 is 0. The average Bonchev–Trinajstić information content (AvgIpc) is 2.87. The van der Waals surface area contributed by atoms with Gasteiger partial charge in [-0.25, -0.2) is 0 Å². The number of hydrogen-bond donors (Lipinski definition) is 1. The molecule has 1 aliphatic heterocycles. The zero-order valence-electron chi connectivity index (χ0n) is 13.5. The van der Waals surface area contributed by atoms with Crippen molar-refractivity contribution in [2.24, 2.45) is 5.92 Å². The molecule has 1 saturated carbocycles. The number of rotatable bonds is 4. The SMILES string of the molecule is CN(C)c1ccccc1CN1C(C(=O)O)CC2CCCCC21. The third-order valence-electron chi connectivity index (χ3n) is 5.33. The largest absolute Gasteiger partial charge is 0.480 e. The third kappa shape index (κ3) is 2.84. The average molecular weight is 302 g/mol. The first-order chi connectivity index (χ1) is 10.6. The molecule has 4 nitrogen and oxygen atoms in total. The van der Waals surface area contributed by atoms with Crippen molar-refractivity contribution in [1.82, 2.24) is 4.90 Å². The fourth-order valence-electron chi connectivity index (χ4n) is 4.30. The number of carbonyl (C=O) groups is 1. The van der Waals surface area contributed by atoms with Crippen molar-refractivity contribution < 1.29 is 9.90 Å². The number of aliphatic carboxylic acids is 1. The predicted octanol–water partition coefficient (Wildman–Crippen LogP) is 2.97. The van der Waals surface area contributed by atoms with Crippen molar-refractivity contribution in [3.8, 4) is 0 Å². The molecular formula is C18H26N2O2. The van der Waals surface area contributed by atoms with Crippen LogP contribution in [0.1, 0.15) is 37.7 Å². The molecule has 0 bridgehead atoms. The van der Waals surface area contributed by atoms with E-state index in [2.05, 4.69) is 21.9 Å². The molecule has 0 aromatic heterocycles. The van der Waals surface area contributed by atoms with Crippen LogP contribution in [0.5, 0.6) is 0 Å². The van der Waals surface area contributed by atoms with Gasteiger partial charge >= 0.3 is 5.97 Å². The number of para-hydroxylation sites is 1. The second kappa shape index (κ2) is 6.29. The Balaban J connectivity index is 1.86. The van der Waals surface area contributed by atoms with E-state index in [4.69, 9.17) is 0 Å². The van der Waals surface area contributed by atoms with E-state index >= 15 is 0 Å². The number of fused-ring (bicyclic) bond motifs is 1. The number of benzene rings is 1. The summed E-state index contributed by atoms with van der Waals surface area (Å²) in [6, 6.07) is 8.46. The van der Waals surface area contributed by atoms with Crippen LogP contribution >= 0.6 is 0 Å². The summed E-state index contributed by atoms with van der Waals surface area (Å²) in [6.45, 7) is 0.743. The maximum Gasteiger partial charge on any atom is 0.320 e. The molecule has 1 heterocycles. The number of anilines is 1. The van der Waals surface area contributed by atoms with Gasteiger partial charge < -0.3 is 10.0 Å². The highest BCUT2D eigenvalue weighted by Gasteiger charge is 2.45. The zero-order valence-corrected chi connectivity index (χ0v) is 13.5. The van der Waals surface area contributed by atoms with Gasteiger partial charge in [0.15, 0.2) is 0 Å². The fraction of sp³-hybridized carbons (Fsp3) is 0.611. The Labute approximate surface area is 132 Å². The summed E-state index contributed by atoms with van der Waals surface area (Å²) in [5.74, 6) is -0.0851. The van der Waals surface area contributed by atoms with Crippen molar-refractivity contribution >= 4 is 11.7 Å². The van der Waals surface area contributed by atoms with Gasteiger partial charge in [-0.15, -0.1) is 0 Å². The lowest BCUT2D eigenvalue weighted by atomic mass is 9.84. The van der Waals surface area contributed by atoms with E-state index in [-0.39, 0.29) is 6.04 Å². The maximum atomic E-state index is 11.7. The van der Waals surface area contributed by atoms with E-state index in [0.717, 1.165) is 19.4 Å². The molecule has 1 aromatic carbocycles. The second-order valence-electron chi connectivity index (χ2n) is 6.90. The van der Waals surface area contributed by atoms with Gasteiger partial charge in [-0.3, -0.25) is 9.69 Å². The van der Waals surface area contributed by atoms with E-state index in [9.17, 15) is 9.90 Å². The van der Waals surface area contributed by atoms with Crippen LogP contribution in [0, 0.1) is 5.92 Å². The summed E-state index contributed by atoms with van der Waals surface area (Å²) in [6.07, 6.45) is 5.66. The summed E-state index contributed by atoms with van der Waals surface area (Å²) in [7, 11) is 4.09. The van der Waals surface area contributed by atoms with Gasteiger partial charge in [-0.05, 0) is 36.8 Å². The number of carboxylic acids is 1. The Morgan fingerprint density at radius 2 is 2.00 bits per heavy atom. The minimum absolute atomic E-state index is 0.316. The number of nitrogens with zero attached hydrogens (tertiary/aromatic N) is 2. The van der Waals surface area contributed by atoms with Gasteiger partial charge in [0, 0.05) is 32.4 Å². The minimum atomic E-state index is -0.656. The lowest BCUT2D eigenvalue weighted by Gasteiger charge is -2.33. The second-order valence-corrected chi connectivity index (χ2v) is 6.90. The highest BCUT2D eigenvalue weighted by molar-refractivity contribution is 5.74. The molecule has 2 aliphatic rings. The molecular weight excluding hydrogens is 276 g/mol. The van der Waals surface area contributed by atoms with Crippen molar-refractivity contribution in [3.63, 3.8) is 0 Å². The van der Waals surface area contributed by atoms with Gasteiger partial charge in [-0.1, -0.05) is 31.0 Å². The Morgan fingerprint density at radius 1 is 1.27 bits per heavy atom. The van der Waals surface area contributed by atoms with E-state index < -0.39 is 5.97 Å². The molecule has 22 heavy (non-hydrogen) atoms. The molecule has 1 aromatic rings. The number of carboxylic acid groups (broad SMARTS) is 1. The Kier molecular flexibility index (Phi) is 4.39. The van der Waals surface area contributed by atoms with E-state index in [1.54, 1.807) is 0 Å². The predicted molar refractivity (Wildman–Crippen MR) is 88.1 cm³/mol. The molecule has 3 atom stereocenters. The molecule has 1 saturated heterocycles. The first kappa shape index (κ1) is 15.3. The molecule has 3 unspecified atom stereocenters. The molecule has 0 spiro atoms. The van der Waals surface area contributed by atoms with Gasteiger partial charge in [0.2, 0.25) is 0 Å². The highest BCUT2D eigenvalue weighted by atomic mass is 16.4. The summed E-state index contributed by atoms with van der Waals surface area (Å²) in [5, 5.41) is 9.64. The Bertz CT molecular complexity index is 544. The summed E-state index contributed by atoms with van der Waals surface area (Å²) in [5.41, 5.74) is 2.41. The molecule has 3 rings (SSSR count). The van der Waals surface area contributed by atoms with Crippen LogP contribution in [-0.4, -0.2) is 42.2 Å². The normalized spacial score (nSPS) is 28.4.